The first kappa shape index (κ1) is 18.9. The second kappa shape index (κ2) is 8.46. The van der Waals surface area contributed by atoms with Crippen molar-refractivity contribution in [2.45, 2.75) is 71.9 Å². The van der Waals surface area contributed by atoms with E-state index in [1.807, 2.05) is 0 Å². The Labute approximate surface area is 131 Å². The molecular formula is C15H33N3O2S. The van der Waals surface area contributed by atoms with Crippen LogP contribution in [0.15, 0.2) is 0 Å². The van der Waals surface area contributed by atoms with Crippen LogP contribution < -0.4 is 5.73 Å². The number of hydrogen-bond donors (Lipinski definition) is 1. The van der Waals surface area contributed by atoms with Crippen molar-refractivity contribution in [2.75, 3.05) is 19.6 Å². The lowest BCUT2D eigenvalue weighted by Crippen LogP contribution is -2.55. The van der Waals surface area contributed by atoms with Gasteiger partial charge in [0.2, 0.25) is 0 Å². The van der Waals surface area contributed by atoms with E-state index in [9.17, 15) is 8.42 Å². The van der Waals surface area contributed by atoms with Gasteiger partial charge in [0.25, 0.3) is 10.2 Å². The Hall–Kier alpha value is -0.170. The highest BCUT2D eigenvalue weighted by Gasteiger charge is 2.38. The Morgan fingerprint density at radius 2 is 1.86 bits per heavy atom. The minimum Gasteiger partial charge on any atom is -0.329 e. The highest BCUT2D eigenvalue weighted by atomic mass is 32.2. The van der Waals surface area contributed by atoms with Crippen LogP contribution in [0.5, 0.6) is 0 Å². The Morgan fingerprint density at radius 1 is 1.24 bits per heavy atom. The van der Waals surface area contributed by atoms with Crippen LogP contribution in [0, 0.1) is 5.92 Å². The summed E-state index contributed by atoms with van der Waals surface area (Å²) in [5.41, 5.74) is 5.81. The molecule has 1 saturated heterocycles. The second-order valence-corrected chi connectivity index (χ2v) is 8.27. The lowest BCUT2D eigenvalue weighted by molar-refractivity contribution is 0.207. The summed E-state index contributed by atoms with van der Waals surface area (Å²) in [4.78, 5) is 0. The molecule has 0 aromatic carbocycles. The molecule has 1 aliphatic rings. The van der Waals surface area contributed by atoms with Gasteiger partial charge in [-0.3, -0.25) is 0 Å². The molecule has 5 nitrogen and oxygen atoms in total. The molecule has 0 aromatic heterocycles. The normalized spacial score (nSPS) is 21.6. The summed E-state index contributed by atoms with van der Waals surface area (Å²) in [7, 11) is -3.42. The van der Waals surface area contributed by atoms with Crippen LogP contribution in [0.25, 0.3) is 0 Å². The molecule has 0 amide bonds. The average molecular weight is 320 g/mol. The molecule has 1 unspecified atom stereocenters. The average Bonchev–Trinajstić information content (AvgIpc) is 2.47. The second-order valence-electron chi connectivity index (χ2n) is 6.44. The Bertz CT molecular complexity index is 394. The van der Waals surface area contributed by atoms with Gasteiger partial charge in [0.15, 0.2) is 0 Å². The summed E-state index contributed by atoms with van der Waals surface area (Å²) in [5, 5.41) is 0. The number of nitrogens with two attached hydrogens (primary N) is 1. The Balaban J connectivity index is 3.06. The first-order chi connectivity index (χ1) is 9.88. The fourth-order valence-electron chi connectivity index (χ4n) is 3.14. The van der Waals surface area contributed by atoms with Gasteiger partial charge in [0, 0.05) is 31.7 Å². The van der Waals surface area contributed by atoms with E-state index in [1.165, 1.54) is 0 Å². The van der Waals surface area contributed by atoms with Crippen molar-refractivity contribution < 1.29 is 8.42 Å². The van der Waals surface area contributed by atoms with Gasteiger partial charge in [-0.25, -0.2) is 0 Å². The van der Waals surface area contributed by atoms with Gasteiger partial charge in [-0.2, -0.15) is 17.0 Å². The standard InChI is InChI=1S/C15H33N3O2S/c1-5-14(6-2)18(12-13(3)4)21(19,20)17-10-8-7-9-15(17)11-16/h13-15H,5-12,16H2,1-4H3. The van der Waals surface area contributed by atoms with E-state index in [0.29, 0.717) is 25.6 Å². The third-order valence-electron chi connectivity index (χ3n) is 4.33. The first-order valence-corrected chi connectivity index (χ1v) is 9.76. The topological polar surface area (TPSA) is 66.6 Å². The zero-order valence-corrected chi connectivity index (χ0v) is 14.9. The van der Waals surface area contributed by atoms with Crippen molar-refractivity contribution in [3.63, 3.8) is 0 Å². The fraction of sp³-hybridized carbons (Fsp3) is 1.00. The maximum atomic E-state index is 13.1. The van der Waals surface area contributed by atoms with Crippen molar-refractivity contribution in [2.24, 2.45) is 11.7 Å². The molecule has 0 saturated carbocycles. The van der Waals surface area contributed by atoms with E-state index < -0.39 is 10.2 Å². The fourth-order valence-corrected chi connectivity index (χ4v) is 5.49. The van der Waals surface area contributed by atoms with E-state index in [0.717, 1.165) is 32.1 Å². The van der Waals surface area contributed by atoms with E-state index in [4.69, 9.17) is 5.73 Å². The summed E-state index contributed by atoms with van der Waals surface area (Å²) in [6.45, 7) is 9.88. The molecule has 6 heteroatoms. The molecule has 2 N–H and O–H groups in total. The van der Waals surface area contributed by atoms with Crippen molar-refractivity contribution >= 4 is 10.2 Å². The summed E-state index contributed by atoms with van der Waals surface area (Å²) in [6, 6.07) is 0.0468. The highest BCUT2D eigenvalue weighted by molar-refractivity contribution is 7.86. The number of nitrogens with zero attached hydrogens (tertiary/aromatic N) is 2. The van der Waals surface area contributed by atoms with E-state index in [1.54, 1.807) is 8.61 Å². The van der Waals surface area contributed by atoms with Crippen LogP contribution >= 0.6 is 0 Å². The zero-order chi connectivity index (χ0) is 16.0. The van der Waals surface area contributed by atoms with Crippen molar-refractivity contribution in [3.05, 3.63) is 0 Å². The maximum absolute atomic E-state index is 13.1. The van der Waals surface area contributed by atoms with Crippen molar-refractivity contribution in [1.29, 1.82) is 0 Å². The molecule has 0 bridgehead atoms. The Morgan fingerprint density at radius 3 is 2.33 bits per heavy atom. The molecule has 1 atom stereocenters. The van der Waals surface area contributed by atoms with Crippen LogP contribution in [-0.4, -0.2) is 48.7 Å². The van der Waals surface area contributed by atoms with E-state index in [-0.39, 0.29) is 12.1 Å². The first-order valence-electron chi connectivity index (χ1n) is 8.37. The molecular weight excluding hydrogens is 286 g/mol. The van der Waals surface area contributed by atoms with Gasteiger partial charge >= 0.3 is 0 Å². The molecule has 1 rings (SSSR count). The molecule has 1 aliphatic heterocycles. The predicted octanol–water partition coefficient (Wildman–Crippen LogP) is 2.19. The molecule has 21 heavy (non-hydrogen) atoms. The lowest BCUT2D eigenvalue weighted by Gasteiger charge is -2.40. The number of piperidine rings is 1. The molecule has 1 heterocycles. The van der Waals surface area contributed by atoms with Gasteiger partial charge in [-0.1, -0.05) is 34.1 Å². The summed E-state index contributed by atoms with van der Waals surface area (Å²) in [5.74, 6) is 0.321. The minimum absolute atomic E-state index is 0.0345. The molecule has 126 valence electrons. The van der Waals surface area contributed by atoms with Crippen LogP contribution in [0.1, 0.15) is 59.8 Å². The van der Waals surface area contributed by atoms with E-state index in [2.05, 4.69) is 27.7 Å². The SMILES string of the molecule is CCC(CC)N(CC(C)C)S(=O)(=O)N1CCCCC1CN. The minimum atomic E-state index is -3.42. The Kier molecular flexibility index (Phi) is 7.60. The van der Waals surface area contributed by atoms with Gasteiger partial charge in [0.05, 0.1) is 0 Å². The predicted molar refractivity (Wildman–Crippen MR) is 88.2 cm³/mol. The number of rotatable bonds is 8. The quantitative estimate of drug-likeness (QED) is 0.746. The van der Waals surface area contributed by atoms with Gasteiger partial charge < -0.3 is 5.73 Å². The van der Waals surface area contributed by atoms with Crippen molar-refractivity contribution in [1.82, 2.24) is 8.61 Å². The lowest BCUT2D eigenvalue weighted by atomic mass is 10.1. The third kappa shape index (κ3) is 4.65. The molecule has 0 aliphatic carbocycles. The summed E-state index contributed by atoms with van der Waals surface area (Å²) >= 11 is 0. The molecule has 1 fully saturated rings. The van der Waals surface area contributed by atoms with Gasteiger partial charge in [-0.05, 0) is 31.6 Å². The van der Waals surface area contributed by atoms with Crippen LogP contribution in [0.3, 0.4) is 0 Å². The number of hydrogen-bond acceptors (Lipinski definition) is 3. The van der Waals surface area contributed by atoms with Crippen LogP contribution in [0.2, 0.25) is 0 Å². The smallest absolute Gasteiger partial charge is 0.282 e. The van der Waals surface area contributed by atoms with Gasteiger partial charge in [-0.15, -0.1) is 0 Å². The molecule has 0 aromatic rings. The maximum Gasteiger partial charge on any atom is 0.282 e. The zero-order valence-electron chi connectivity index (χ0n) is 14.1. The third-order valence-corrected chi connectivity index (χ3v) is 6.45. The van der Waals surface area contributed by atoms with Crippen molar-refractivity contribution in [3.8, 4) is 0 Å². The van der Waals surface area contributed by atoms with Crippen LogP contribution in [-0.2, 0) is 10.2 Å². The monoisotopic (exact) mass is 319 g/mol. The summed E-state index contributed by atoms with van der Waals surface area (Å²) < 4.78 is 29.7. The largest absolute Gasteiger partial charge is 0.329 e. The molecule has 0 radical (unpaired) electrons. The highest BCUT2D eigenvalue weighted by Crippen LogP contribution is 2.25. The van der Waals surface area contributed by atoms with Crippen LogP contribution in [0.4, 0.5) is 0 Å². The summed E-state index contributed by atoms with van der Waals surface area (Å²) in [6.07, 6.45) is 4.60. The van der Waals surface area contributed by atoms with E-state index >= 15 is 0 Å². The van der Waals surface area contributed by atoms with Gasteiger partial charge in [0.1, 0.15) is 0 Å². The molecule has 0 spiro atoms.